The van der Waals surface area contributed by atoms with Crippen molar-refractivity contribution < 1.29 is 13.2 Å². The van der Waals surface area contributed by atoms with Gasteiger partial charge in [-0.2, -0.15) is 0 Å². The first kappa shape index (κ1) is 21.5. The number of para-hydroxylation sites is 1. The van der Waals surface area contributed by atoms with E-state index in [-0.39, 0.29) is 22.3 Å². The maximum absolute atomic E-state index is 12.7. The van der Waals surface area contributed by atoms with Crippen LogP contribution in [0.2, 0.25) is 0 Å². The lowest BCUT2D eigenvalue weighted by Gasteiger charge is -2.08. The molecule has 31 heavy (non-hydrogen) atoms. The van der Waals surface area contributed by atoms with Crippen molar-refractivity contribution >= 4 is 54.2 Å². The van der Waals surface area contributed by atoms with Crippen LogP contribution in [0.15, 0.2) is 64.6 Å². The SMILES string of the molecule is CCn1c(CS(=O)(=O)c2ccccc2)nnc1SCC(=O)Nc1nc2ccccc2s1. The Balaban J connectivity index is 1.42. The largest absolute Gasteiger partial charge is 0.305 e. The van der Waals surface area contributed by atoms with Gasteiger partial charge in [0.2, 0.25) is 5.91 Å². The van der Waals surface area contributed by atoms with E-state index >= 15 is 0 Å². The van der Waals surface area contributed by atoms with E-state index in [0.29, 0.717) is 22.7 Å². The first-order chi connectivity index (χ1) is 15.0. The Morgan fingerprint density at radius 1 is 1.10 bits per heavy atom. The van der Waals surface area contributed by atoms with Crippen LogP contribution >= 0.6 is 23.1 Å². The number of thiazole rings is 1. The number of rotatable bonds is 8. The predicted octanol–water partition coefficient (Wildman–Crippen LogP) is 3.61. The molecular formula is C20H19N5O3S3. The van der Waals surface area contributed by atoms with E-state index < -0.39 is 9.84 Å². The third kappa shape index (κ3) is 4.94. The summed E-state index contributed by atoms with van der Waals surface area (Å²) < 4.78 is 28.0. The lowest BCUT2D eigenvalue weighted by atomic mass is 10.3. The highest BCUT2D eigenvalue weighted by atomic mass is 32.2. The quantitative estimate of drug-likeness (QED) is 0.390. The molecule has 0 aliphatic carbocycles. The molecule has 1 amide bonds. The Morgan fingerprint density at radius 3 is 2.58 bits per heavy atom. The van der Waals surface area contributed by atoms with Gasteiger partial charge in [-0.3, -0.25) is 4.79 Å². The van der Waals surface area contributed by atoms with Gasteiger partial charge in [0.25, 0.3) is 0 Å². The smallest absolute Gasteiger partial charge is 0.236 e. The maximum atomic E-state index is 12.7. The molecule has 0 aliphatic heterocycles. The molecule has 4 rings (SSSR count). The normalized spacial score (nSPS) is 11.6. The molecule has 2 aromatic heterocycles. The molecule has 160 valence electrons. The highest BCUT2D eigenvalue weighted by molar-refractivity contribution is 7.99. The monoisotopic (exact) mass is 473 g/mol. The van der Waals surface area contributed by atoms with E-state index in [1.165, 1.54) is 23.1 Å². The number of anilines is 1. The van der Waals surface area contributed by atoms with Crippen molar-refractivity contribution in [2.75, 3.05) is 11.1 Å². The van der Waals surface area contributed by atoms with Crippen molar-refractivity contribution in [1.29, 1.82) is 0 Å². The fraction of sp³-hybridized carbons (Fsp3) is 0.200. The molecule has 0 saturated heterocycles. The zero-order valence-electron chi connectivity index (χ0n) is 16.6. The lowest BCUT2D eigenvalue weighted by molar-refractivity contribution is -0.113. The number of fused-ring (bicyclic) bond motifs is 1. The highest BCUT2D eigenvalue weighted by Crippen LogP contribution is 2.26. The summed E-state index contributed by atoms with van der Waals surface area (Å²) in [4.78, 5) is 17.0. The molecule has 8 nitrogen and oxygen atoms in total. The summed E-state index contributed by atoms with van der Waals surface area (Å²) >= 11 is 2.62. The Hall–Kier alpha value is -2.76. The van der Waals surface area contributed by atoms with Gasteiger partial charge in [0.05, 0.1) is 20.9 Å². The van der Waals surface area contributed by atoms with Crippen LogP contribution in [0.25, 0.3) is 10.2 Å². The molecule has 0 saturated carbocycles. The fourth-order valence-electron chi connectivity index (χ4n) is 2.94. The van der Waals surface area contributed by atoms with E-state index in [1.54, 1.807) is 34.9 Å². The summed E-state index contributed by atoms with van der Waals surface area (Å²) in [5.74, 6) is -0.0101. The minimum Gasteiger partial charge on any atom is -0.305 e. The zero-order chi connectivity index (χ0) is 21.8. The number of carbonyl (C=O) groups is 1. The molecule has 0 spiro atoms. The number of thioether (sulfide) groups is 1. The van der Waals surface area contributed by atoms with Gasteiger partial charge in [-0.05, 0) is 31.2 Å². The van der Waals surface area contributed by atoms with Gasteiger partial charge in [0.1, 0.15) is 11.6 Å². The molecule has 0 bridgehead atoms. The number of carbonyl (C=O) groups excluding carboxylic acids is 1. The molecule has 0 fully saturated rings. The van der Waals surface area contributed by atoms with Crippen LogP contribution in [-0.4, -0.2) is 39.8 Å². The zero-order valence-corrected chi connectivity index (χ0v) is 19.0. The second kappa shape index (κ2) is 9.16. The van der Waals surface area contributed by atoms with Gasteiger partial charge in [0, 0.05) is 6.54 Å². The number of benzene rings is 2. The fourth-order valence-corrected chi connectivity index (χ4v) is 5.94. The Morgan fingerprint density at radius 2 is 1.84 bits per heavy atom. The number of aromatic nitrogens is 4. The molecule has 0 radical (unpaired) electrons. The van der Waals surface area contributed by atoms with Crippen LogP contribution in [0.5, 0.6) is 0 Å². The molecule has 2 heterocycles. The molecular weight excluding hydrogens is 454 g/mol. The topological polar surface area (TPSA) is 107 Å². The molecule has 0 unspecified atom stereocenters. The van der Waals surface area contributed by atoms with E-state index in [0.717, 1.165) is 10.2 Å². The van der Waals surface area contributed by atoms with Crippen molar-refractivity contribution in [3.8, 4) is 0 Å². The van der Waals surface area contributed by atoms with Crippen molar-refractivity contribution in [2.24, 2.45) is 0 Å². The van der Waals surface area contributed by atoms with Crippen molar-refractivity contribution in [1.82, 2.24) is 19.7 Å². The average Bonchev–Trinajstić information content (AvgIpc) is 3.35. The Bertz CT molecular complexity index is 1280. The first-order valence-corrected chi connectivity index (χ1v) is 12.9. The summed E-state index contributed by atoms with van der Waals surface area (Å²) in [6.45, 7) is 2.38. The standard InChI is InChI=1S/C20H19N5O3S3/c1-2-25-17(13-31(27,28)14-8-4-3-5-9-14)23-24-20(25)29-12-18(26)22-19-21-15-10-6-7-11-16(15)30-19/h3-11H,2,12-13H2,1H3,(H,21,22,26). The summed E-state index contributed by atoms with van der Waals surface area (Å²) in [7, 11) is -3.54. The molecule has 4 aromatic rings. The van der Waals surface area contributed by atoms with Crippen molar-refractivity contribution in [2.45, 2.75) is 29.3 Å². The van der Waals surface area contributed by atoms with Gasteiger partial charge < -0.3 is 9.88 Å². The van der Waals surface area contributed by atoms with Crippen LogP contribution in [0.4, 0.5) is 5.13 Å². The summed E-state index contributed by atoms with van der Waals surface area (Å²) in [5, 5.41) is 12.0. The van der Waals surface area contributed by atoms with Crippen LogP contribution in [0.3, 0.4) is 0 Å². The number of nitrogens with one attached hydrogen (secondary N) is 1. The molecule has 0 atom stereocenters. The van der Waals surface area contributed by atoms with Crippen LogP contribution in [0.1, 0.15) is 12.7 Å². The summed E-state index contributed by atoms with van der Waals surface area (Å²) in [6, 6.07) is 15.9. The second-order valence-corrected chi connectivity index (χ2v) is 10.5. The lowest BCUT2D eigenvalue weighted by Crippen LogP contribution is -2.15. The van der Waals surface area contributed by atoms with E-state index in [9.17, 15) is 13.2 Å². The van der Waals surface area contributed by atoms with Crippen molar-refractivity contribution in [3.63, 3.8) is 0 Å². The van der Waals surface area contributed by atoms with Crippen LogP contribution in [0, 0.1) is 0 Å². The van der Waals surface area contributed by atoms with E-state index in [1.807, 2.05) is 31.2 Å². The number of hydrogen-bond donors (Lipinski definition) is 1. The molecule has 0 aliphatic rings. The number of sulfone groups is 1. The summed E-state index contributed by atoms with van der Waals surface area (Å²) in [6.07, 6.45) is 0. The van der Waals surface area contributed by atoms with Gasteiger partial charge >= 0.3 is 0 Å². The number of nitrogens with zero attached hydrogens (tertiary/aromatic N) is 4. The number of hydrogen-bond acceptors (Lipinski definition) is 8. The average molecular weight is 474 g/mol. The van der Waals surface area contributed by atoms with Gasteiger partial charge in [-0.1, -0.05) is 53.4 Å². The maximum Gasteiger partial charge on any atom is 0.236 e. The third-order valence-electron chi connectivity index (χ3n) is 4.40. The Labute approximate surface area is 187 Å². The predicted molar refractivity (Wildman–Crippen MR) is 122 cm³/mol. The third-order valence-corrected chi connectivity index (χ3v) is 7.95. The second-order valence-electron chi connectivity index (χ2n) is 6.54. The van der Waals surface area contributed by atoms with Crippen LogP contribution in [-0.2, 0) is 26.9 Å². The van der Waals surface area contributed by atoms with E-state index in [2.05, 4.69) is 20.5 Å². The molecule has 2 aromatic carbocycles. The Kier molecular flexibility index (Phi) is 6.35. The molecule has 11 heteroatoms. The van der Waals surface area contributed by atoms with Crippen LogP contribution < -0.4 is 5.32 Å². The van der Waals surface area contributed by atoms with Gasteiger partial charge in [-0.25, -0.2) is 13.4 Å². The number of amides is 1. The molecule has 1 N–H and O–H groups in total. The summed E-state index contributed by atoms with van der Waals surface area (Å²) in [5.41, 5.74) is 0.838. The van der Waals surface area contributed by atoms with Crippen molar-refractivity contribution in [3.05, 3.63) is 60.4 Å². The minimum absolute atomic E-state index is 0.111. The van der Waals surface area contributed by atoms with E-state index in [4.69, 9.17) is 0 Å². The van der Waals surface area contributed by atoms with Gasteiger partial charge in [-0.15, -0.1) is 10.2 Å². The van der Waals surface area contributed by atoms with Gasteiger partial charge in [0.15, 0.2) is 20.1 Å². The minimum atomic E-state index is -3.54. The first-order valence-electron chi connectivity index (χ1n) is 9.44. The highest BCUT2D eigenvalue weighted by Gasteiger charge is 2.21.